The second-order valence-electron chi connectivity index (χ2n) is 7.08. The number of benzene rings is 2. The summed E-state index contributed by atoms with van der Waals surface area (Å²) in [5, 5.41) is 0. The molecule has 0 bridgehead atoms. The molecular weight excluding hydrogens is 365 g/mol. The third-order valence-corrected chi connectivity index (χ3v) is 4.99. The quantitative estimate of drug-likeness (QED) is 0.603. The van der Waals surface area contributed by atoms with E-state index in [9.17, 15) is 13.2 Å². The number of aromatic nitrogens is 1. The highest BCUT2D eigenvalue weighted by Gasteiger charge is 2.30. The van der Waals surface area contributed by atoms with Crippen molar-refractivity contribution in [2.45, 2.75) is 25.9 Å². The van der Waals surface area contributed by atoms with Crippen LogP contribution in [-0.4, -0.2) is 22.6 Å². The van der Waals surface area contributed by atoms with Crippen molar-refractivity contribution in [3.8, 4) is 5.69 Å². The summed E-state index contributed by atoms with van der Waals surface area (Å²) in [6.07, 6.45) is -0.712. The van der Waals surface area contributed by atoms with Crippen molar-refractivity contribution in [1.29, 1.82) is 0 Å². The lowest BCUT2D eigenvalue weighted by atomic mass is 10.1. The minimum absolute atomic E-state index is 0.156. The van der Waals surface area contributed by atoms with Crippen LogP contribution in [0.25, 0.3) is 5.69 Å². The highest BCUT2D eigenvalue weighted by atomic mass is 19.4. The smallest absolute Gasteiger partial charge is 0.357 e. The molecule has 0 amide bonds. The molecule has 2 heterocycles. The first-order chi connectivity index (χ1) is 13.4. The van der Waals surface area contributed by atoms with Crippen LogP contribution < -0.4 is 0 Å². The summed E-state index contributed by atoms with van der Waals surface area (Å²) >= 11 is 0. The third kappa shape index (κ3) is 3.98. The molecule has 1 aromatic heterocycles. The Bertz CT molecular complexity index is 930. The number of halogens is 3. The molecule has 0 spiro atoms. The standard InChI is InChI=1S/C22H21F3N2O/c1-16-2-4-17(5-3-16)14-27-12-13-28-21(27)18-10-11-26(15-18)20-8-6-19(7-9-20)22(23,24)25/h2-11,15,21H,12-14H2,1H3/t21-/m1/s1. The van der Waals surface area contributed by atoms with Gasteiger partial charge in [-0.15, -0.1) is 0 Å². The van der Waals surface area contributed by atoms with Gasteiger partial charge in [0.25, 0.3) is 0 Å². The van der Waals surface area contributed by atoms with Gasteiger partial charge in [-0.25, -0.2) is 0 Å². The maximum Gasteiger partial charge on any atom is 0.416 e. The van der Waals surface area contributed by atoms with Gasteiger partial charge in [-0.3, -0.25) is 4.90 Å². The summed E-state index contributed by atoms with van der Waals surface area (Å²) in [5.74, 6) is 0. The monoisotopic (exact) mass is 386 g/mol. The van der Waals surface area contributed by atoms with Crippen molar-refractivity contribution in [3.63, 3.8) is 0 Å². The number of rotatable bonds is 4. The van der Waals surface area contributed by atoms with E-state index in [1.807, 2.05) is 23.0 Å². The van der Waals surface area contributed by atoms with Gasteiger partial charge in [0.1, 0.15) is 6.23 Å². The Morgan fingerprint density at radius 3 is 2.39 bits per heavy atom. The maximum absolute atomic E-state index is 12.7. The van der Waals surface area contributed by atoms with Crippen LogP contribution >= 0.6 is 0 Å². The topological polar surface area (TPSA) is 17.4 Å². The summed E-state index contributed by atoms with van der Waals surface area (Å²) < 4.78 is 46.0. The van der Waals surface area contributed by atoms with Gasteiger partial charge >= 0.3 is 6.18 Å². The average molecular weight is 386 g/mol. The fourth-order valence-corrected chi connectivity index (χ4v) is 3.44. The number of hydrogen-bond donors (Lipinski definition) is 0. The molecule has 1 aliphatic rings. The van der Waals surface area contributed by atoms with E-state index in [4.69, 9.17) is 4.74 Å². The molecule has 6 heteroatoms. The summed E-state index contributed by atoms with van der Waals surface area (Å²) in [5.41, 5.74) is 3.48. The van der Waals surface area contributed by atoms with Crippen LogP contribution in [0, 0.1) is 6.92 Å². The molecule has 0 aliphatic carbocycles. The lowest BCUT2D eigenvalue weighted by Crippen LogP contribution is -2.23. The summed E-state index contributed by atoms with van der Waals surface area (Å²) in [7, 11) is 0. The number of alkyl halides is 3. The molecule has 0 radical (unpaired) electrons. The zero-order chi connectivity index (χ0) is 19.7. The van der Waals surface area contributed by atoms with Gasteiger partial charge in [-0.05, 0) is 42.8 Å². The molecule has 0 saturated carbocycles. The Balaban J connectivity index is 1.50. The normalized spacial score (nSPS) is 17.9. The van der Waals surface area contributed by atoms with E-state index in [0.29, 0.717) is 12.3 Å². The fourth-order valence-electron chi connectivity index (χ4n) is 3.44. The van der Waals surface area contributed by atoms with Crippen LogP contribution in [0.1, 0.15) is 28.5 Å². The second-order valence-corrected chi connectivity index (χ2v) is 7.08. The van der Waals surface area contributed by atoms with Gasteiger partial charge < -0.3 is 9.30 Å². The minimum atomic E-state index is -4.32. The van der Waals surface area contributed by atoms with Gasteiger partial charge in [0.15, 0.2) is 0 Å². The molecule has 28 heavy (non-hydrogen) atoms. The van der Waals surface area contributed by atoms with Crippen molar-refractivity contribution in [2.24, 2.45) is 0 Å². The first kappa shape index (κ1) is 18.8. The van der Waals surface area contributed by atoms with Crippen LogP contribution in [0.15, 0.2) is 67.0 Å². The van der Waals surface area contributed by atoms with Crippen LogP contribution in [0.2, 0.25) is 0 Å². The van der Waals surface area contributed by atoms with Crippen molar-refractivity contribution >= 4 is 0 Å². The molecule has 4 rings (SSSR count). The molecule has 1 fully saturated rings. The lowest BCUT2D eigenvalue weighted by molar-refractivity contribution is -0.137. The van der Waals surface area contributed by atoms with Crippen LogP contribution in [0.4, 0.5) is 13.2 Å². The van der Waals surface area contributed by atoms with Gasteiger partial charge in [0.05, 0.1) is 12.2 Å². The fraction of sp³-hybridized carbons (Fsp3) is 0.273. The van der Waals surface area contributed by atoms with Crippen LogP contribution in [0.3, 0.4) is 0 Å². The Labute approximate surface area is 162 Å². The van der Waals surface area contributed by atoms with E-state index in [2.05, 4.69) is 36.1 Å². The summed E-state index contributed by atoms with van der Waals surface area (Å²) in [6, 6.07) is 15.6. The average Bonchev–Trinajstić information content (AvgIpc) is 3.32. The zero-order valence-electron chi connectivity index (χ0n) is 15.5. The van der Waals surface area contributed by atoms with E-state index in [1.54, 1.807) is 0 Å². The first-order valence-corrected chi connectivity index (χ1v) is 9.17. The molecule has 1 saturated heterocycles. The molecule has 0 N–H and O–H groups in total. The third-order valence-electron chi connectivity index (χ3n) is 4.99. The molecule has 0 unspecified atom stereocenters. The van der Waals surface area contributed by atoms with Gasteiger partial charge in [0.2, 0.25) is 0 Å². The molecule has 2 aromatic carbocycles. The van der Waals surface area contributed by atoms with E-state index in [1.165, 1.54) is 23.3 Å². The van der Waals surface area contributed by atoms with Gasteiger partial charge in [-0.1, -0.05) is 29.8 Å². The van der Waals surface area contributed by atoms with E-state index in [-0.39, 0.29) is 6.23 Å². The number of ether oxygens (including phenoxy) is 1. The van der Waals surface area contributed by atoms with Crippen molar-refractivity contribution in [2.75, 3.05) is 13.2 Å². The maximum atomic E-state index is 12.7. The second kappa shape index (κ2) is 7.45. The minimum Gasteiger partial charge on any atom is -0.357 e. The Morgan fingerprint density at radius 2 is 1.71 bits per heavy atom. The molecule has 3 nitrogen and oxygen atoms in total. The molecular formula is C22H21F3N2O. The number of aryl methyl sites for hydroxylation is 1. The van der Waals surface area contributed by atoms with E-state index < -0.39 is 11.7 Å². The van der Waals surface area contributed by atoms with Crippen LogP contribution in [0.5, 0.6) is 0 Å². The van der Waals surface area contributed by atoms with Crippen molar-refractivity contribution < 1.29 is 17.9 Å². The highest BCUT2D eigenvalue weighted by molar-refractivity contribution is 5.37. The van der Waals surface area contributed by atoms with E-state index >= 15 is 0 Å². The highest BCUT2D eigenvalue weighted by Crippen LogP contribution is 2.31. The molecule has 1 atom stereocenters. The molecule has 3 aromatic rings. The Kier molecular flexibility index (Phi) is 5.00. The number of nitrogens with zero attached hydrogens (tertiary/aromatic N) is 2. The van der Waals surface area contributed by atoms with Gasteiger partial charge in [0, 0.05) is 36.7 Å². The Hall–Kier alpha value is -2.57. The molecule has 146 valence electrons. The Morgan fingerprint density at radius 1 is 1.00 bits per heavy atom. The van der Waals surface area contributed by atoms with Crippen molar-refractivity contribution in [3.05, 3.63) is 89.2 Å². The number of hydrogen-bond acceptors (Lipinski definition) is 2. The van der Waals surface area contributed by atoms with E-state index in [0.717, 1.165) is 30.8 Å². The lowest BCUT2D eigenvalue weighted by Gasteiger charge is -2.22. The first-order valence-electron chi connectivity index (χ1n) is 9.17. The predicted molar refractivity (Wildman–Crippen MR) is 101 cm³/mol. The summed E-state index contributed by atoms with van der Waals surface area (Å²) in [6.45, 7) is 4.35. The SMILES string of the molecule is Cc1ccc(CN2CCO[C@@H]2c2ccn(-c3ccc(C(F)(F)F)cc3)c2)cc1. The van der Waals surface area contributed by atoms with Crippen molar-refractivity contribution in [1.82, 2.24) is 9.47 Å². The van der Waals surface area contributed by atoms with Crippen LogP contribution in [-0.2, 0) is 17.5 Å². The summed E-state index contributed by atoms with van der Waals surface area (Å²) in [4.78, 5) is 2.26. The predicted octanol–water partition coefficient (Wildman–Crippen LogP) is 5.34. The largest absolute Gasteiger partial charge is 0.416 e. The zero-order valence-corrected chi connectivity index (χ0v) is 15.5. The van der Waals surface area contributed by atoms with Gasteiger partial charge in [-0.2, -0.15) is 13.2 Å². The molecule has 1 aliphatic heterocycles.